The molecule has 0 saturated carbocycles. The molecule has 1 aromatic heterocycles. The van der Waals surface area contributed by atoms with Gasteiger partial charge in [0.15, 0.2) is 0 Å². The predicted octanol–water partition coefficient (Wildman–Crippen LogP) is 3.93. The van der Waals surface area contributed by atoms with Crippen molar-refractivity contribution >= 4 is 16.8 Å². The molecule has 2 aliphatic rings. The van der Waals surface area contributed by atoms with Crippen LogP contribution in [0, 0.1) is 5.82 Å². The maximum atomic E-state index is 14.1. The van der Waals surface area contributed by atoms with E-state index in [4.69, 9.17) is 9.72 Å². The van der Waals surface area contributed by atoms with Crippen LogP contribution >= 0.6 is 0 Å². The molecule has 0 atom stereocenters. The van der Waals surface area contributed by atoms with Crippen LogP contribution in [0.25, 0.3) is 22.2 Å². The van der Waals surface area contributed by atoms with Crippen LogP contribution in [0.3, 0.4) is 0 Å². The van der Waals surface area contributed by atoms with Gasteiger partial charge in [0.25, 0.3) is 0 Å². The van der Waals surface area contributed by atoms with Crippen LogP contribution in [0.1, 0.15) is 24.5 Å². The lowest BCUT2D eigenvalue weighted by Gasteiger charge is -2.34. The second-order valence-electron chi connectivity index (χ2n) is 9.42. The van der Waals surface area contributed by atoms with Crippen LogP contribution in [0.5, 0.6) is 0 Å². The zero-order valence-electron chi connectivity index (χ0n) is 20.4. The Morgan fingerprint density at radius 1 is 0.914 bits per heavy atom. The van der Waals surface area contributed by atoms with E-state index in [2.05, 4.69) is 40.1 Å². The number of aromatic nitrogens is 1. The summed E-state index contributed by atoms with van der Waals surface area (Å²) in [6.07, 6.45) is 0.545. The minimum absolute atomic E-state index is 0.209. The van der Waals surface area contributed by atoms with Crippen molar-refractivity contribution in [3.63, 3.8) is 0 Å². The number of halogens is 1. The van der Waals surface area contributed by atoms with Crippen LogP contribution in [0.2, 0.25) is 0 Å². The molecule has 0 radical (unpaired) electrons. The predicted molar refractivity (Wildman–Crippen MR) is 135 cm³/mol. The first-order valence-corrected chi connectivity index (χ1v) is 12.6. The van der Waals surface area contributed by atoms with Crippen molar-refractivity contribution in [2.24, 2.45) is 0 Å². The Hall–Kier alpha value is -2.87. The van der Waals surface area contributed by atoms with E-state index in [1.54, 1.807) is 12.1 Å². The van der Waals surface area contributed by atoms with E-state index in [0.717, 1.165) is 86.8 Å². The lowest BCUT2D eigenvalue weighted by Crippen LogP contribution is -2.48. The molecule has 2 aliphatic heterocycles. The van der Waals surface area contributed by atoms with Gasteiger partial charge in [-0.3, -0.25) is 14.6 Å². The quantitative estimate of drug-likeness (QED) is 0.540. The fraction of sp³-hybridized carbons (Fsp3) is 0.429. The van der Waals surface area contributed by atoms with Gasteiger partial charge in [-0.05, 0) is 35.4 Å². The number of fused-ring (bicyclic) bond motifs is 1. The first-order valence-electron chi connectivity index (χ1n) is 12.6. The van der Waals surface area contributed by atoms with Crippen molar-refractivity contribution < 1.29 is 13.9 Å². The summed E-state index contributed by atoms with van der Waals surface area (Å²) >= 11 is 0. The lowest BCUT2D eigenvalue weighted by atomic mass is 10.0. The number of hydrogen-bond donors (Lipinski definition) is 0. The number of nitrogens with zero attached hydrogens (tertiary/aromatic N) is 4. The number of piperazine rings is 1. The second-order valence-corrected chi connectivity index (χ2v) is 9.42. The van der Waals surface area contributed by atoms with E-state index < -0.39 is 0 Å². The number of morpholine rings is 1. The number of ether oxygens (including phenoxy) is 1. The molecular formula is C28H33FN4O2. The van der Waals surface area contributed by atoms with Crippen molar-refractivity contribution in [1.82, 2.24) is 19.7 Å². The standard InChI is InChI=1S/C28H33FN4O2/c1-2-28(34)33-11-9-31(10-12-33)20-23-17-27(30-26-8-7-24(29)18-25(23)26)22-5-3-21(4-6-22)19-32-13-15-35-16-14-32/h3-8,17-18H,2,9-16,19-20H2,1H3. The molecule has 0 aliphatic carbocycles. The maximum absolute atomic E-state index is 14.1. The zero-order valence-corrected chi connectivity index (χ0v) is 20.4. The summed E-state index contributed by atoms with van der Waals surface area (Å²) in [6, 6.07) is 15.5. The first-order chi connectivity index (χ1) is 17.1. The van der Waals surface area contributed by atoms with E-state index >= 15 is 0 Å². The Morgan fingerprint density at radius 3 is 2.34 bits per heavy atom. The van der Waals surface area contributed by atoms with Gasteiger partial charge in [-0.25, -0.2) is 9.37 Å². The third kappa shape index (κ3) is 5.69. The minimum Gasteiger partial charge on any atom is -0.379 e. The third-order valence-electron chi connectivity index (χ3n) is 7.04. The van der Waals surface area contributed by atoms with E-state index in [1.807, 2.05) is 11.8 Å². The molecule has 2 saturated heterocycles. The van der Waals surface area contributed by atoms with Crippen molar-refractivity contribution in [3.8, 4) is 11.3 Å². The number of amides is 1. The Morgan fingerprint density at radius 2 is 1.63 bits per heavy atom. The largest absolute Gasteiger partial charge is 0.379 e. The van der Waals surface area contributed by atoms with Gasteiger partial charge in [0, 0.05) is 69.7 Å². The highest BCUT2D eigenvalue weighted by atomic mass is 19.1. The van der Waals surface area contributed by atoms with E-state index in [1.165, 1.54) is 11.6 Å². The second kappa shape index (κ2) is 10.8. The Kier molecular flexibility index (Phi) is 7.37. The molecule has 2 fully saturated rings. The molecule has 5 rings (SSSR count). The van der Waals surface area contributed by atoms with Crippen molar-refractivity contribution in [2.75, 3.05) is 52.5 Å². The summed E-state index contributed by atoms with van der Waals surface area (Å²) in [6.45, 7) is 10.2. The smallest absolute Gasteiger partial charge is 0.222 e. The van der Waals surface area contributed by atoms with Crippen LogP contribution in [0.15, 0.2) is 48.5 Å². The number of carbonyl (C=O) groups excluding carboxylic acids is 1. The molecule has 0 bridgehead atoms. The zero-order chi connectivity index (χ0) is 24.2. The highest BCUT2D eigenvalue weighted by molar-refractivity contribution is 5.85. The van der Waals surface area contributed by atoms with Gasteiger partial charge in [0.05, 0.1) is 24.4 Å². The molecule has 0 spiro atoms. The average Bonchev–Trinajstić information content (AvgIpc) is 2.90. The molecule has 184 valence electrons. The maximum Gasteiger partial charge on any atom is 0.222 e. The lowest BCUT2D eigenvalue weighted by molar-refractivity contribution is -0.132. The topological polar surface area (TPSA) is 48.9 Å². The van der Waals surface area contributed by atoms with Gasteiger partial charge in [0.1, 0.15) is 5.82 Å². The molecule has 0 N–H and O–H groups in total. The molecule has 2 aromatic carbocycles. The van der Waals surface area contributed by atoms with Crippen LogP contribution in [-0.2, 0) is 22.6 Å². The molecule has 6 nitrogen and oxygen atoms in total. The fourth-order valence-corrected chi connectivity index (χ4v) is 4.96. The summed E-state index contributed by atoms with van der Waals surface area (Å²) in [5.41, 5.74) is 5.10. The number of rotatable bonds is 6. The molecule has 7 heteroatoms. The van der Waals surface area contributed by atoms with Crippen molar-refractivity contribution in [1.29, 1.82) is 0 Å². The van der Waals surface area contributed by atoms with Crippen molar-refractivity contribution in [2.45, 2.75) is 26.4 Å². The van der Waals surface area contributed by atoms with Gasteiger partial charge in [-0.15, -0.1) is 0 Å². The Labute approximate surface area is 206 Å². The molecule has 35 heavy (non-hydrogen) atoms. The Balaban J connectivity index is 1.37. The molecule has 0 unspecified atom stereocenters. The molecular weight excluding hydrogens is 443 g/mol. The summed E-state index contributed by atoms with van der Waals surface area (Å²) in [5, 5.41) is 0.852. The van der Waals surface area contributed by atoms with Crippen LogP contribution < -0.4 is 0 Å². The van der Waals surface area contributed by atoms with Gasteiger partial charge in [-0.2, -0.15) is 0 Å². The number of hydrogen-bond acceptors (Lipinski definition) is 5. The van der Waals surface area contributed by atoms with Crippen molar-refractivity contribution in [3.05, 3.63) is 65.5 Å². The van der Waals surface area contributed by atoms with E-state index in [9.17, 15) is 9.18 Å². The van der Waals surface area contributed by atoms with Gasteiger partial charge in [0.2, 0.25) is 5.91 Å². The number of carbonyl (C=O) groups is 1. The normalized spacial score (nSPS) is 17.7. The fourth-order valence-electron chi connectivity index (χ4n) is 4.96. The van der Waals surface area contributed by atoms with Gasteiger partial charge in [-0.1, -0.05) is 31.2 Å². The minimum atomic E-state index is -0.251. The van der Waals surface area contributed by atoms with Crippen LogP contribution in [-0.4, -0.2) is 78.1 Å². The van der Waals surface area contributed by atoms with E-state index in [0.29, 0.717) is 13.0 Å². The summed E-state index contributed by atoms with van der Waals surface area (Å²) in [7, 11) is 0. The highest BCUT2D eigenvalue weighted by Gasteiger charge is 2.21. The molecule has 3 aromatic rings. The number of benzene rings is 2. The summed E-state index contributed by atoms with van der Waals surface area (Å²) < 4.78 is 19.6. The highest BCUT2D eigenvalue weighted by Crippen LogP contribution is 2.27. The van der Waals surface area contributed by atoms with E-state index in [-0.39, 0.29) is 11.7 Å². The Bertz CT molecular complexity index is 1170. The molecule has 3 heterocycles. The van der Waals surface area contributed by atoms with Crippen LogP contribution in [0.4, 0.5) is 4.39 Å². The first kappa shape index (κ1) is 23.9. The summed E-state index contributed by atoms with van der Waals surface area (Å²) in [5.74, 6) is -0.0421. The molecule has 1 amide bonds. The third-order valence-corrected chi connectivity index (χ3v) is 7.04. The van der Waals surface area contributed by atoms with Gasteiger partial charge < -0.3 is 9.64 Å². The monoisotopic (exact) mass is 476 g/mol. The SMILES string of the molecule is CCC(=O)N1CCN(Cc2cc(-c3ccc(CN4CCOCC4)cc3)nc3ccc(F)cc23)CC1. The average molecular weight is 477 g/mol. The van der Waals surface area contributed by atoms with Gasteiger partial charge >= 0.3 is 0 Å². The number of pyridine rings is 1. The summed E-state index contributed by atoms with van der Waals surface area (Å²) in [4.78, 5) is 23.6.